The minimum atomic E-state index is -0.133. The minimum Gasteiger partial charge on any atom is -0.394 e. The second-order valence-electron chi connectivity index (χ2n) is 5.95. The molecule has 0 heterocycles. The van der Waals surface area contributed by atoms with E-state index in [2.05, 4.69) is 62.3 Å². The standard InChI is InChI=1S/C17H30N2O/c1-5-17(14-20,18-15(2)3)12-9-13-19(4)16-10-7-6-8-11-16/h6-8,10-11,15,18,20H,5,9,12-14H2,1-4H3. The number of para-hydroxylation sites is 1. The van der Waals surface area contributed by atoms with Gasteiger partial charge in [-0.25, -0.2) is 0 Å². The maximum absolute atomic E-state index is 9.73. The van der Waals surface area contributed by atoms with E-state index in [4.69, 9.17) is 0 Å². The molecule has 0 radical (unpaired) electrons. The van der Waals surface area contributed by atoms with E-state index < -0.39 is 0 Å². The van der Waals surface area contributed by atoms with Crippen LogP contribution in [0.3, 0.4) is 0 Å². The van der Waals surface area contributed by atoms with Crippen LogP contribution in [0.1, 0.15) is 40.0 Å². The number of nitrogens with zero attached hydrogens (tertiary/aromatic N) is 1. The quantitative estimate of drug-likeness (QED) is 0.729. The second-order valence-corrected chi connectivity index (χ2v) is 5.95. The van der Waals surface area contributed by atoms with Gasteiger partial charge in [-0.2, -0.15) is 0 Å². The van der Waals surface area contributed by atoms with E-state index in [0.29, 0.717) is 6.04 Å². The molecule has 20 heavy (non-hydrogen) atoms. The van der Waals surface area contributed by atoms with Gasteiger partial charge >= 0.3 is 0 Å². The number of rotatable bonds is 9. The van der Waals surface area contributed by atoms with Crippen LogP contribution in [0.25, 0.3) is 0 Å². The van der Waals surface area contributed by atoms with E-state index in [-0.39, 0.29) is 12.1 Å². The van der Waals surface area contributed by atoms with Gasteiger partial charge in [-0.1, -0.05) is 39.0 Å². The molecule has 0 aliphatic carbocycles. The first-order chi connectivity index (χ1) is 9.53. The van der Waals surface area contributed by atoms with Gasteiger partial charge in [-0.15, -0.1) is 0 Å². The van der Waals surface area contributed by atoms with Crippen LogP contribution < -0.4 is 10.2 Å². The Bertz CT molecular complexity index is 361. The number of nitrogens with one attached hydrogen (secondary N) is 1. The summed E-state index contributed by atoms with van der Waals surface area (Å²) in [5.74, 6) is 0. The van der Waals surface area contributed by atoms with Gasteiger partial charge in [0, 0.05) is 30.9 Å². The lowest BCUT2D eigenvalue weighted by Crippen LogP contribution is -2.51. The van der Waals surface area contributed by atoms with Gasteiger partial charge in [0.05, 0.1) is 6.61 Å². The van der Waals surface area contributed by atoms with Crippen molar-refractivity contribution in [1.29, 1.82) is 0 Å². The zero-order valence-electron chi connectivity index (χ0n) is 13.4. The van der Waals surface area contributed by atoms with Crippen LogP contribution in [0.4, 0.5) is 5.69 Å². The van der Waals surface area contributed by atoms with E-state index in [1.807, 2.05) is 6.07 Å². The number of aliphatic hydroxyl groups is 1. The molecule has 1 aromatic rings. The normalized spacial score (nSPS) is 14.3. The first-order valence-corrected chi connectivity index (χ1v) is 7.68. The summed E-state index contributed by atoms with van der Waals surface area (Å²) in [4.78, 5) is 2.27. The van der Waals surface area contributed by atoms with Crippen molar-refractivity contribution in [3.05, 3.63) is 30.3 Å². The van der Waals surface area contributed by atoms with Gasteiger partial charge in [0.2, 0.25) is 0 Å². The lowest BCUT2D eigenvalue weighted by atomic mass is 9.90. The lowest BCUT2D eigenvalue weighted by Gasteiger charge is -2.35. The molecule has 0 spiro atoms. The molecule has 2 N–H and O–H groups in total. The van der Waals surface area contributed by atoms with Crippen molar-refractivity contribution < 1.29 is 5.11 Å². The van der Waals surface area contributed by atoms with Crippen LogP contribution in [0.15, 0.2) is 30.3 Å². The van der Waals surface area contributed by atoms with Crippen molar-refractivity contribution in [2.75, 3.05) is 25.1 Å². The molecular formula is C17H30N2O. The molecule has 0 saturated heterocycles. The van der Waals surface area contributed by atoms with Gasteiger partial charge in [-0.05, 0) is 31.4 Å². The number of benzene rings is 1. The molecule has 0 bridgehead atoms. The third kappa shape index (κ3) is 5.14. The molecule has 114 valence electrons. The van der Waals surface area contributed by atoms with E-state index >= 15 is 0 Å². The van der Waals surface area contributed by atoms with E-state index in [0.717, 1.165) is 25.8 Å². The molecule has 1 atom stereocenters. The van der Waals surface area contributed by atoms with Crippen molar-refractivity contribution in [1.82, 2.24) is 5.32 Å². The van der Waals surface area contributed by atoms with Crippen molar-refractivity contribution in [3.63, 3.8) is 0 Å². The third-order valence-corrected chi connectivity index (χ3v) is 3.92. The Kier molecular flexibility index (Phi) is 7.03. The van der Waals surface area contributed by atoms with Gasteiger partial charge < -0.3 is 15.3 Å². The maximum Gasteiger partial charge on any atom is 0.0613 e. The highest BCUT2D eigenvalue weighted by Gasteiger charge is 2.27. The maximum atomic E-state index is 9.73. The minimum absolute atomic E-state index is 0.133. The highest BCUT2D eigenvalue weighted by Crippen LogP contribution is 2.19. The lowest BCUT2D eigenvalue weighted by molar-refractivity contribution is 0.136. The first-order valence-electron chi connectivity index (χ1n) is 7.68. The van der Waals surface area contributed by atoms with E-state index in [1.54, 1.807) is 0 Å². The molecule has 0 aliphatic heterocycles. The van der Waals surface area contributed by atoms with Crippen LogP contribution in [0.2, 0.25) is 0 Å². The molecular weight excluding hydrogens is 248 g/mol. The molecule has 0 amide bonds. The van der Waals surface area contributed by atoms with Gasteiger partial charge in [-0.3, -0.25) is 0 Å². The molecule has 3 heteroatoms. The van der Waals surface area contributed by atoms with Crippen molar-refractivity contribution in [2.45, 2.75) is 51.6 Å². The highest BCUT2D eigenvalue weighted by molar-refractivity contribution is 5.44. The fourth-order valence-electron chi connectivity index (χ4n) is 2.67. The predicted octanol–water partition coefficient (Wildman–Crippen LogP) is 3.04. The predicted molar refractivity (Wildman–Crippen MR) is 87.3 cm³/mol. The second kappa shape index (κ2) is 8.28. The monoisotopic (exact) mass is 278 g/mol. The molecule has 3 nitrogen and oxygen atoms in total. The zero-order valence-corrected chi connectivity index (χ0v) is 13.4. The SMILES string of the molecule is CCC(CO)(CCCN(C)c1ccccc1)NC(C)C. The highest BCUT2D eigenvalue weighted by atomic mass is 16.3. The summed E-state index contributed by atoms with van der Waals surface area (Å²) in [6, 6.07) is 10.8. The smallest absolute Gasteiger partial charge is 0.0613 e. The summed E-state index contributed by atoms with van der Waals surface area (Å²) in [6.07, 6.45) is 3.02. The fraction of sp³-hybridized carbons (Fsp3) is 0.647. The summed E-state index contributed by atoms with van der Waals surface area (Å²) in [5, 5.41) is 13.3. The summed E-state index contributed by atoms with van der Waals surface area (Å²) < 4.78 is 0. The molecule has 0 aliphatic rings. The summed E-state index contributed by atoms with van der Waals surface area (Å²) in [5.41, 5.74) is 1.11. The Morgan fingerprint density at radius 2 is 1.90 bits per heavy atom. The Morgan fingerprint density at radius 1 is 1.25 bits per heavy atom. The average Bonchev–Trinajstić information content (AvgIpc) is 2.46. The zero-order chi connectivity index (χ0) is 15.0. The number of hydrogen-bond acceptors (Lipinski definition) is 3. The van der Waals surface area contributed by atoms with Crippen molar-refractivity contribution in [3.8, 4) is 0 Å². The topological polar surface area (TPSA) is 35.5 Å². The van der Waals surface area contributed by atoms with Crippen LogP contribution in [0.5, 0.6) is 0 Å². The van der Waals surface area contributed by atoms with E-state index in [1.165, 1.54) is 5.69 Å². The molecule has 1 unspecified atom stereocenters. The Hall–Kier alpha value is -1.06. The molecule has 1 aromatic carbocycles. The Morgan fingerprint density at radius 3 is 2.40 bits per heavy atom. The van der Waals surface area contributed by atoms with Crippen molar-refractivity contribution in [2.24, 2.45) is 0 Å². The Balaban J connectivity index is 2.48. The van der Waals surface area contributed by atoms with Crippen LogP contribution in [-0.4, -0.2) is 36.9 Å². The first kappa shape index (κ1) is 17.0. The number of hydrogen-bond donors (Lipinski definition) is 2. The van der Waals surface area contributed by atoms with Crippen LogP contribution >= 0.6 is 0 Å². The largest absolute Gasteiger partial charge is 0.394 e. The molecule has 1 rings (SSSR count). The molecule has 0 aromatic heterocycles. The number of anilines is 1. The molecule has 0 saturated carbocycles. The van der Waals surface area contributed by atoms with Gasteiger partial charge in [0.25, 0.3) is 0 Å². The van der Waals surface area contributed by atoms with E-state index in [9.17, 15) is 5.11 Å². The fourth-order valence-corrected chi connectivity index (χ4v) is 2.67. The summed E-state index contributed by atoms with van der Waals surface area (Å²) >= 11 is 0. The molecule has 0 fully saturated rings. The number of aliphatic hydroxyl groups excluding tert-OH is 1. The van der Waals surface area contributed by atoms with Crippen LogP contribution in [-0.2, 0) is 0 Å². The van der Waals surface area contributed by atoms with Crippen LogP contribution in [0, 0.1) is 0 Å². The summed E-state index contributed by atoms with van der Waals surface area (Å²) in [6.45, 7) is 7.63. The van der Waals surface area contributed by atoms with Crippen molar-refractivity contribution >= 4 is 5.69 Å². The third-order valence-electron chi connectivity index (χ3n) is 3.92. The summed E-state index contributed by atoms with van der Waals surface area (Å²) in [7, 11) is 2.12. The van der Waals surface area contributed by atoms with Gasteiger partial charge in [0.15, 0.2) is 0 Å². The van der Waals surface area contributed by atoms with Gasteiger partial charge in [0.1, 0.15) is 0 Å². The Labute approximate surface area is 124 Å². The average molecular weight is 278 g/mol.